The molecule has 2 N–H and O–H groups in total. The van der Waals surface area contributed by atoms with E-state index in [0.717, 1.165) is 24.8 Å². The Morgan fingerprint density at radius 1 is 1.07 bits per heavy atom. The third-order valence-corrected chi connectivity index (χ3v) is 6.40. The van der Waals surface area contributed by atoms with Crippen LogP contribution >= 0.6 is 0 Å². The summed E-state index contributed by atoms with van der Waals surface area (Å²) in [5.74, 6) is -0.311. The van der Waals surface area contributed by atoms with Gasteiger partial charge in [-0.05, 0) is 49.4 Å². The fraction of sp³-hybridized carbons (Fsp3) is 0.333. The number of rotatable bonds is 7. The molecule has 1 aliphatic carbocycles. The lowest BCUT2D eigenvalue weighted by molar-refractivity contribution is -0.121. The van der Waals surface area contributed by atoms with E-state index in [9.17, 15) is 18.0 Å². The highest BCUT2D eigenvalue weighted by Gasteiger charge is 2.21. The topological polar surface area (TPSA) is 92.3 Å². The average molecular weight is 401 g/mol. The number of fused-ring (bicyclic) bond motifs is 1. The molecule has 0 aliphatic heterocycles. The molecule has 0 spiro atoms. The van der Waals surface area contributed by atoms with Gasteiger partial charge in [0.2, 0.25) is 15.9 Å². The number of hydrogen-bond donors (Lipinski definition) is 2. The largest absolute Gasteiger partial charge is 0.349 e. The maximum absolute atomic E-state index is 12.3. The summed E-state index contributed by atoms with van der Waals surface area (Å²) in [4.78, 5) is 23.6. The molecule has 0 radical (unpaired) electrons. The van der Waals surface area contributed by atoms with E-state index in [2.05, 4.69) is 16.1 Å². The Balaban J connectivity index is 1.53. The van der Waals surface area contributed by atoms with Crippen LogP contribution < -0.4 is 10.0 Å². The van der Waals surface area contributed by atoms with Crippen LogP contribution in [-0.4, -0.2) is 26.7 Å². The standard InChI is InChI=1S/C21H24N2O4S/c1-15(24)16-9-11-18(12-10-16)28(26,27)22-14-13-21(25)23-20-8-4-6-17-5-2-3-7-19(17)20/h2-3,5,7,9-12,20,22H,4,6,8,13-14H2,1H3,(H,23,25)/t20-/m0/s1. The lowest BCUT2D eigenvalue weighted by Gasteiger charge is -2.26. The summed E-state index contributed by atoms with van der Waals surface area (Å²) in [7, 11) is -3.72. The summed E-state index contributed by atoms with van der Waals surface area (Å²) < 4.78 is 27.1. The normalized spacial score (nSPS) is 16.2. The molecule has 148 valence electrons. The van der Waals surface area contributed by atoms with Crippen molar-refractivity contribution in [2.45, 2.75) is 43.5 Å². The third kappa shape index (κ3) is 4.85. The van der Waals surface area contributed by atoms with Crippen molar-refractivity contribution in [2.24, 2.45) is 0 Å². The van der Waals surface area contributed by atoms with Crippen molar-refractivity contribution in [3.8, 4) is 0 Å². The fourth-order valence-electron chi connectivity index (χ4n) is 3.42. The molecule has 1 amide bonds. The van der Waals surface area contributed by atoms with Gasteiger partial charge in [0.1, 0.15) is 0 Å². The summed E-state index contributed by atoms with van der Waals surface area (Å²) in [5, 5.41) is 3.01. The minimum Gasteiger partial charge on any atom is -0.349 e. The number of ketones is 1. The van der Waals surface area contributed by atoms with Crippen LogP contribution in [0.1, 0.15) is 53.7 Å². The van der Waals surface area contributed by atoms with E-state index < -0.39 is 10.0 Å². The van der Waals surface area contributed by atoms with Gasteiger partial charge in [0.15, 0.2) is 5.78 Å². The summed E-state index contributed by atoms with van der Waals surface area (Å²) >= 11 is 0. The number of Topliss-reactive ketones (excluding diaryl/α,β-unsaturated/α-hetero) is 1. The minimum absolute atomic E-state index is 0.0109. The molecule has 1 atom stereocenters. The van der Waals surface area contributed by atoms with Crippen LogP contribution in [0, 0.1) is 0 Å². The van der Waals surface area contributed by atoms with E-state index in [1.54, 1.807) is 0 Å². The first-order chi connectivity index (χ1) is 13.4. The van der Waals surface area contributed by atoms with Gasteiger partial charge in [-0.3, -0.25) is 9.59 Å². The summed E-state index contributed by atoms with van der Waals surface area (Å²) in [5.41, 5.74) is 2.85. The maximum Gasteiger partial charge on any atom is 0.240 e. The van der Waals surface area contributed by atoms with Crippen molar-refractivity contribution in [1.82, 2.24) is 10.0 Å². The van der Waals surface area contributed by atoms with E-state index in [1.807, 2.05) is 18.2 Å². The van der Waals surface area contributed by atoms with Gasteiger partial charge in [-0.2, -0.15) is 0 Å². The van der Waals surface area contributed by atoms with Crippen molar-refractivity contribution in [3.63, 3.8) is 0 Å². The number of amides is 1. The predicted octanol–water partition coefficient (Wildman–Crippen LogP) is 2.75. The fourth-order valence-corrected chi connectivity index (χ4v) is 4.45. The summed E-state index contributed by atoms with van der Waals surface area (Å²) in [6, 6.07) is 13.8. The number of sulfonamides is 1. The van der Waals surface area contributed by atoms with E-state index in [1.165, 1.54) is 36.8 Å². The Bertz CT molecular complexity index is 968. The molecule has 2 aromatic carbocycles. The molecule has 0 bridgehead atoms. The first-order valence-electron chi connectivity index (χ1n) is 9.34. The quantitative estimate of drug-likeness (QED) is 0.699. The molecule has 0 heterocycles. The number of benzene rings is 2. The van der Waals surface area contributed by atoms with Gasteiger partial charge < -0.3 is 5.32 Å². The zero-order chi connectivity index (χ0) is 20.1. The molecule has 0 unspecified atom stereocenters. The van der Waals surface area contributed by atoms with Gasteiger partial charge in [-0.25, -0.2) is 13.1 Å². The van der Waals surface area contributed by atoms with Crippen LogP contribution in [0.4, 0.5) is 0 Å². The second-order valence-electron chi connectivity index (χ2n) is 6.94. The monoisotopic (exact) mass is 400 g/mol. The summed E-state index contributed by atoms with van der Waals surface area (Å²) in [6.45, 7) is 1.43. The molecule has 1 aliphatic rings. The van der Waals surface area contributed by atoms with Gasteiger partial charge in [0.05, 0.1) is 10.9 Å². The van der Waals surface area contributed by atoms with Crippen LogP contribution in [0.2, 0.25) is 0 Å². The van der Waals surface area contributed by atoms with Gasteiger partial charge in [0.25, 0.3) is 0 Å². The molecule has 28 heavy (non-hydrogen) atoms. The Labute approximate surface area is 165 Å². The second kappa shape index (κ2) is 8.67. The zero-order valence-corrected chi connectivity index (χ0v) is 16.6. The second-order valence-corrected chi connectivity index (χ2v) is 8.71. The number of hydrogen-bond acceptors (Lipinski definition) is 4. The molecule has 0 fully saturated rings. The number of carbonyl (C=O) groups is 2. The van der Waals surface area contributed by atoms with Gasteiger partial charge >= 0.3 is 0 Å². The summed E-state index contributed by atoms with van der Waals surface area (Å²) in [6.07, 6.45) is 2.98. The Morgan fingerprint density at radius 3 is 2.50 bits per heavy atom. The molecule has 2 aromatic rings. The molecular weight excluding hydrogens is 376 g/mol. The van der Waals surface area contributed by atoms with Crippen LogP contribution in [0.3, 0.4) is 0 Å². The molecule has 0 saturated heterocycles. The SMILES string of the molecule is CC(=O)c1ccc(S(=O)(=O)NCCC(=O)N[C@H]2CCCc3ccccc32)cc1. The van der Waals surface area contributed by atoms with Crippen molar-refractivity contribution < 1.29 is 18.0 Å². The van der Waals surface area contributed by atoms with E-state index in [-0.39, 0.29) is 35.6 Å². The Kier molecular flexibility index (Phi) is 6.26. The van der Waals surface area contributed by atoms with E-state index in [0.29, 0.717) is 5.56 Å². The Morgan fingerprint density at radius 2 is 1.79 bits per heavy atom. The highest BCUT2D eigenvalue weighted by molar-refractivity contribution is 7.89. The first-order valence-corrected chi connectivity index (χ1v) is 10.8. The minimum atomic E-state index is -3.72. The van der Waals surface area contributed by atoms with E-state index >= 15 is 0 Å². The van der Waals surface area contributed by atoms with Gasteiger partial charge in [-0.1, -0.05) is 36.4 Å². The molecule has 7 heteroatoms. The molecule has 0 aromatic heterocycles. The van der Waals surface area contributed by atoms with E-state index in [4.69, 9.17) is 0 Å². The molecule has 0 saturated carbocycles. The number of carbonyl (C=O) groups excluding carboxylic acids is 2. The highest BCUT2D eigenvalue weighted by atomic mass is 32.2. The van der Waals surface area contributed by atoms with Crippen LogP contribution in [0.5, 0.6) is 0 Å². The van der Waals surface area contributed by atoms with Crippen LogP contribution in [-0.2, 0) is 21.2 Å². The highest BCUT2D eigenvalue weighted by Crippen LogP contribution is 2.29. The third-order valence-electron chi connectivity index (χ3n) is 4.92. The first kappa shape index (κ1) is 20.2. The Hall–Kier alpha value is -2.51. The van der Waals surface area contributed by atoms with Gasteiger partial charge in [-0.15, -0.1) is 0 Å². The smallest absolute Gasteiger partial charge is 0.240 e. The lowest BCUT2D eigenvalue weighted by Crippen LogP contribution is -2.34. The van der Waals surface area contributed by atoms with Crippen molar-refractivity contribution in [1.29, 1.82) is 0 Å². The van der Waals surface area contributed by atoms with Crippen LogP contribution in [0.15, 0.2) is 53.4 Å². The van der Waals surface area contributed by atoms with Gasteiger partial charge in [0, 0.05) is 18.5 Å². The molecule has 3 rings (SSSR count). The molecular formula is C21H24N2O4S. The predicted molar refractivity (Wildman–Crippen MR) is 107 cm³/mol. The molecule has 6 nitrogen and oxygen atoms in total. The van der Waals surface area contributed by atoms with Crippen molar-refractivity contribution in [3.05, 3.63) is 65.2 Å². The lowest BCUT2D eigenvalue weighted by atomic mass is 9.88. The maximum atomic E-state index is 12.3. The average Bonchev–Trinajstić information content (AvgIpc) is 2.68. The zero-order valence-electron chi connectivity index (χ0n) is 15.8. The van der Waals surface area contributed by atoms with Crippen molar-refractivity contribution >= 4 is 21.7 Å². The van der Waals surface area contributed by atoms with Crippen molar-refractivity contribution in [2.75, 3.05) is 6.54 Å². The number of nitrogens with one attached hydrogen (secondary N) is 2. The van der Waals surface area contributed by atoms with Crippen LogP contribution in [0.25, 0.3) is 0 Å². The number of aryl methyl sites for hydroxylation is 1.